The number of nitrogens with one attached hydrogen (secondary N) is 1. The zero-order chi connectivity index (χ0) is 17.5. The Morgan fingerprint density at radius 2 is 2.04 bits per heavy atom. The molecule has 0 aliphatic carbocycles. The van der Waals surface area contributed by atoms with Gasteiger partial charge in [0.1, 0.15) is 11.4 Å². The Labute approximate surface area is 136 Å². The van der Waals surface area contributed by atoms with Gasteiger partial charge in [0.15, 0.2) is 0 Å². The van der Waals surface area contributed by atoms with Gasteiger partial charge in [0, 0.05) is 25.7 Å². The molecule has 0 aromatic heterocycles. The molecule has 1 amide bonds. The summed E-state index contributed by atoms with van der Waals surface area (Å²) in [5, 5.41) is 12.6. The molecule has 1 atom stereocenters. The summed E-state index contributed by atoms with van der Waals surface area (Å²) in [6, 6.07) is 6.01. The molecule has 0 spiro atoms. The van der Waals surface area contributed by atoms with E-state index in [-0.39, 0.29) is 13.2 Å². The number of halogens is 1. The van der Waals surface area contributed by atoms with Crippen molar-refractivity contribution >= 4 is 6.09 Å². The van der Waals surface area contributed by atoms with Gasteiger partial charge in [0.05, 0.1) is 6.61 Å². The SMILES string of the molecule is COCCC(CO)(CNC(=O)OC(C)(C)C)c1cccc(F)c1. The lowest BCUT2D eigenvalue weighted by atomic mass is 9.78. The molecule has 0 bridgehead atoms. The van der Waals surface area contributed by atoms with Gasteiger partial charge in [0.2, 0.25) is 0 Å². The second-order valence-corrected chi connectivity index (χ2v) is 6.55. The molecule has 1 unspecified atom stereocenters. The van der Waals surface area contributed by atoms with E-state index in [1.54, 1.807) is 40.0 Å². The lowest BCUT2D eigenvalue weighted by Crippen LogP contribution is -2.45. The van der Waals surface area contributed by atoms with E-state index in [0.717, 1.165) is 0 Å². The largest absolute Gasteiger partial charge is 0.444 e. The second-order valence-electron chi connectivity index (χ2n) is 6.55. The molecule has 0 saturated heterocycles. The lowest BCUT2D eigenvalue weighted by molar-refractivity contribution is 0.0489. The van der Waals surface area contributed by atoms with Crippen LogP contribution >= 0.6 is 0 Å². The molecule has 5 nitrogen and oxygen atoms in total. The fourth-order valence-corrected chi connectivity index (χ4v) is 2.23. The minimum atomic E-state index is -0.838. The van der Waals surface area contributed by atoms with Crippen LogP contribution in [0.25, 0.3) is 0 Å². The predicted octanol–water partition coefficient (Wildman–Crippen LogP) is 2.62. The van der Waals surface area contributed by atoms with Crippen LogP contribution in [-0.2, 0) is 14.9 Å². The summed E-state index contributed by atoms with van der Waals surface area (Å²) >= 11 is 0. The number of aliphatic hydroxyl groups excluding tert-OH is 1. The first-order chi connectivity index (χ1) is 10.7. The Kier molecular flexibility index (Phi) is 6.97. The number of benzene rings is 1. The molecule has 1 aromatic rings. The van der Waals surface area contributed by atoms with Crippen LogP contribution in [0.2, 0.25) is 0 Å². The maximum atomic E-state index is 13.6. The lowest BCUT2D eigenvalue weighted by Gasteiger charge is -2.33. The third kappa shape index (κ3) is 6.15. The molecule has 0 fully saturated rings. The third-order valence-electron chi connectivity index (χ3n) is 3.49. The van der Waals surface area contributed by atoms with E-state index in [4.69, 9.17) is 9.47 Å². The highest BCUT2D eigenvalue weighted by molar-refractivity contribution is 5.67. The number of rotatable bonds is 7. The van der Waals surface area contributed by atoms with E-state index < -0.39 is 22.9 Å². The highest BCUT2D eigenvalue weighted by atomic mass is 19.1. The van der Waals surface area contributed by atoms with Gasteiger partial charge in [0.25, 0.3) is 0 Å². The summed E-state index contributed by atoms with van der Waals surface area (Å²) in [5.74, 6) is -0.394. The van der Waals surface area contributed by atoms with Crippen molar-refractivity contribution in [1.82, 2.24) is 5.32 Å². The van der Waals surface area contributed by atoms with Crippen molar-refractivity contribution in [2.45, 2.75) is 38.2 Å². The van der Waals surface area contributed by atoms with Gasteiger partial charge >= 0.3 is 6.09 Å². The molecule has 6 heteroatoms. The molecule has 23 heavy (non-hydrogen) atoms. The van der Waals surface area contributed by atoms with E-state index in [1.165, 1.54) is 12.1 Å². The van der Waals surface area contributed by atoms with Crippen molar-refractivity contribution in [3.8, 4) is 0 Å². The van der Waals surface area contributed by atoms with E-state index in [9.17, 15) is 14.3 Å². The topological polar surface area (TPSA) is 67.8 Å². The third-order valence-corrected chi connectivity index (χ3v) is 3.49. The van der Waals surface area contributed by atoms with Gasteiger partial charge in [-0.2, -0.15) is 0 Å². The molecule has 1 aromatic carbocycles. The maximum Gasteiger partial charge on any atom is 0.407 e. The highest BCUT2D eigenvalue weighted by Gasteiger charge is 2.33. The van der Waals surface area contributed by atoms with Crippen molar-refractivity contribution in [2.24, 2.45) is 0 Å². The number of hydrogen-bond donors (Lipinski definition) is 2. The molecule has 0 radical (unpaired) electrons. The highest BCUT2D eigenvalue weighted by Crippen LogP contribution is 2.28. The van der Waals surface area contributed by atoms with Crippen LogP contribution < -0.4 is 5.32 Å². The van der Waals surface area contributed by atoms with Crippen LogP contribution in [0.5, 0.6) is 0 Å². The van der Waals surface area contributed by atoms with Crippen LogP contribution in [0.1, 0.15) is 32.8 Å². The number of amides is 1. The van der Waals surface area contributed by atoms with Crippen molar-refractivity contribution < 1.29 is 23.8 Å². The summed E-state index contributed by atoms with van der Waals surface area (Å²) in [5.41, 5.74) is -0.847. The first-order valence-electron chi connectivity index (χ1n) is 7.55. The average Bonchev–Trinajstić information content (AvgIpc) is 2.46. The van der Waals surface area contributed by atoms with Gasteiger partial charge in [-0.1, -0.05) is 12.1 Å². The fraction of sp³-hybridized carbons (Fsp3) is 0.588. The monoisotopic (exact) mass is 327 g/mol. The number of carbonyl (C=O) groups excluding carboxylic acids is 1. The minimum absolute atomic E-state index is 0.116. The van der Waals surface area contributed by atoms with E-state index in [2.05, 4.69) is 5.32 Å². The van der Waals surface area contributed by atoms with Gasteiger partial charge in [-0.3, -0.25) is 0 Å². The van der Waals surface area contributed by atoms with Gasteiger partial charge in [-0.05, 0) is 44.9 Å². The summed E-state index contributed by atoms with van der Waals surface area (Å²) < 4.78 is 23.8. The smallest absolute Gasteiger partial charge is 0.407 e. The molecule has 1 rings (SSSR count). The van der Waals surface area contributed by atoms with Crippen LogP contribution in [0.15, 0.2) is 24.3 Å². The van der Waals surface area contributed by atoms with Gasteiger partial charge < -0.3 is 19.9 Å². The zero-order valence-electron chi connectivity index (χ0n) is 14.2. The number of hydrogen-bond acceptors (Lipinski definition) is 4. The molecular formula is C17H26FNO4. The number of ether oxygens (including phenoxy) is 2. The van der Waals surface area contributed by atoms with E-state index in [0.29, 0.717) is 18.6 Å². The molecule has 0 aliphatic rings. The Morgan fingerprint density at radius 3 is 2.57 bits per heavy atom. The maximum absolute atomic E-state index is 13.6. The number of alkyl carbamates (subject to hydrolysis) is 1. The predicted molar refractivity (Wildman–Crippen MR) is 85.9 cm³/mol. The van der Waals surface area contributed by atoms with Gasteiger partial charge in [-0.15, -0.1) is 0 Å². The quantitative estimate of drug-likeness (QED) is 0.808. The van der Waals surface area contributed by atoms with Crippen molar-refractivity contribution in [3.05, 3.63) is 35.6 Å². The Hall–Kier alpha value is -1.66. The molecule has 0 saturated carbocycles. The molecule has 130 valence electrons. The average molecular weight is 327 g/mol. The van der Waals surface area contributed by atoms with Crippen LogP contribution in [0, 0.1) is 5.82 Å². The number of methoxy groups -OCH3 is 1. The van der Waals surface area contributed by atoms with Crippen molar-refractivity contribution in [3.63, 3.8) is 0 Å². The molecule has 0 aliphatic heterocycles. The van der Waals surface area contributed by atoms with Crippen molar-refractivity contribution in [1.29, 1.82) is 0 Å². The molecule has 0 heterocycles. The van der Waals surface area contributed by atoms with Crippen molar-refractivity contribution in [2.75, 3.05) is 26.9 Å². The normalized spacial score (nSPS) is 14.2. The molecular weight excluding hydrogens is 301 g/mol. The van der Waals surface area contributed by atoms with Crippen LogP contribution in [0.4, 0.5) is 9.18 Å². The Bertz CT molecular complexity index is 516. The summed E-state index contributed by atoms with van der Waals surface area (Å²) in [7, 11) is 1.55. The van der Waals surface area contributed by atoms with Gasteiger partial charge in [-0.25, -0.2) is 9.18 Å². The first-order valence-corrected chi connectivity index (χ1v) is 7.55. The molecule has 2 N–H and O–H groups in total. The zero-order valence-corrected chi connectivity index (χ0v) is 14.2. The van der Waals surface area contributed by atoms with Crippen LogP contribution in [0.3, 0.4) is 0 Å². The number of carbonyl (C=O) groups is 1. The summed E-state index contributed by atoms with van der Waals surface area (Å²) in [6.45, 7) is 5.53. The fourth-order valence-electron chi connectivity index (χ4n) is 2.23. The Morgan fingerprint density at radius 1 is 1.35 bits per heavy atom. The minimum Gasteiger partial charge on any atom is -0.444 e. The summed E-state index contributed by atoms with van der Waals surface area (Å²) in [6.07, 6.45) is -0.150. The summed E-state index contributed by atoms with van der Waals surface area (Å²) in [4.78, 5) is 11.9. The second kappa shape index (κ2) is 8.26. The number of aliphatic hydroxyl groups is 1. The Balaban J connectivity index is 2.93. The standard InChI is InChI=1S/C17H26FNO4/c1-16(2,3)23-15(21)19-11-17(12-20,8-9-22-4)13-6-5-7-14(18)10-13/h5-7,10,20H,8-9,11-12H2,1-4H3,(H,19,21). The van der Waals surface area contributed by atoms with E-state index >= 15 is 0 Å². The van der Waals surface area contributed by atoms with E-state index in [1.807, 2.05) is 0 Å². The first kappa shape index (κ1) is 19.4. The van der Waals surface area contributed by atoms with Crippen LogP contribution in [-0.4, -0.2) is 43.7 Å².